The van der Waals surface area contributed by atoms with Crippen LogP contribution < -0.4 is 31.8 Å². The van der Waals surface area contributed by atoms with Gasteiger partial charge in [-0.05, 0) is 60.7 Å². The van der Waals surface area contributed by atoms with Gasteiger partial charge in [-0.2, -0.15) is 0 Å². The minimum absolute atomic E-state index is 0.0639. The molecule has 3 amide bonds. The van der Waals surface area contributed by atoms with E-state index >= 15 is 0 Å². The molecule has 0 unspecified atom stereocenters. The molecule has 2 atom stereocenters. The van der Waals surface area contributed by atoms with E-state index in [1.54, 1.807) is 30.3 Å². The van der Waals surface area contributed by atoms with Crippen molar-refractivity contribution in [2.45, 2.75) is 70.6 Å². The molecule has 0 radical (unpaired) electrons. The van der Waals surface area contributed by atoms with Crippen LogP contribution in [0.5, 0.6) is 0 Å². The van der Waals surface area contributed by atoms with Crippen molar-refractivity contribution < 1.29 is 47.1 Å². The van der Waals surface area contributed by atoms with Crippen LogP contribution in [0.3, 0.4) is 0 Å². The maximum atomic E-state index is 13.3. The first kappa shape index (κ1) is 50.8. The van der Waals surface area contributed by atoms with Gasteiger partial charge in [0, 0.05) is 31.2 Å². The molecule has 0 bridgehead atoms. The first-order valence-corrected chi connectivity index (χ1v) is 22.3. The Kier molecular flexibility index (Phi) is 19.6. The molecule has 2 aromatic heterocycles. The number of aliphatic carboxylic acids is 1. The van der Waals surface area contributed by atoms with Gasteiger partial charge in [-0.15, -0.1) is 0 Å². The fourth-order valence-electron chi connectivity index (χ4n) is 6.38. The molecule has 0 aliphatic heterocycles. The van der Waals surface area contributed by atoms with Gasteiger partial charge in [0.25, 0.3) is 11.1 Å². The van der Waals surface area contributed by atoms with E-state index in [2.05, 4.69) is 20.7 Å². The largest absolute Gasteiger partial charge is 0.481 e. The van der Waals surface area contributed by atoms with Crippen molar-refractivity contribution in [3.63, 3.8) is 0 Å². The second-order valence-electron chi connectivity index (χ2n) is 15.0. The van der Waals surface area contributed by atoms with Crippen LogP contribution in [0.1, 0.15) is 48.6 Å². The molecule has 0 saturated heterocycles. The number of hydrogen-bond donors (Lipinski definition) is 5. The summed E-state index contributed by atoms with van der Waals surface area (Å²) in [5, 5.41) is 16.2. The summed E-state index contributed by atoms with van der Waals surface area (Å²) in [4.78, 5) is 107. The van der Waals surface area contributed by atoms with Gasteiger partial charge < -0.3 is 39.8 Å². The van der Waals surface area contributed by atoms with Gasteiger partial charge in [0.05, 0.1) is 24.3 Å². The molecule has 66 heavy (non-hydrogen) atoms. The van der Waals surface area contributed by atoms with E-state index in [4.69, 9.17) is 5.11 Å². The van der Waals surface area contributed by atoms with Gasteiger partial charge in [0.1, 0.15) is 42.8 Å². The third kappa shape index (κ3) is 17.4. The topological polar surface area (TPSA) is 266 Å². The number of carboxylic acid groups (broad SMARTS) is 1. The first-order valence-electron chi connectivity index (χ1n) is 20.6. The lowest BCUT2D eigenvalue weighted by Gasteiger charge is -2.17. The number of aromatic nitrogens is 2. The number of nitrogens with zero attached hydrogens (tertiary/aromatic N) is 2. The lowest BCUT2D eigenvalue weighted by atomic mass is 10.1. The fraction of sp³-hybridized carbons (Fsp3) is 0.255. The van der Waals surface area contributed by atoms with Gasteiger partial charge >= 0.3 is 5.97 Å². The van der Waals surface area contributed by atoms with E-state index in [1.807, 2.05) is 66.7 Å². The van der Waals surface area contributed by atoms with Gasteiger partial charge in [-0.1, -0.05) is 91.0 Å². The van der Waals surface area contributed by atoms with E-state index < -0.39 is 64.0 Å². The number of benzene rings is 3. The molecule has 19 heteroatoms. The Morgan fingerprint density at radius 2 is 1.18 bits per heavy atom. The van der Waals surface area contributed by atoms with Crippen LogP contribution in [-0.2, 0) is 75.9 Å². The molecule has 5 rings (SSSR count). The van der Waals surface area contributed by atoms with Gasteiger partial charge in [-0.3, -0.25) is 38.3 Å². The van der Waals surface area contributed by atoms with Crippen LogP contribution in [0.4, 0.5) is 11.4 Å². The molecule has 0 aliphatic rings. The van der Waals surface area contributed by atoms with Crippen LogP contribution in [0.25, 0.3) is 0 Å². The third-order valence-corrected chi connectivity index (χ3v) is 10.8. The van der Waals surface area contributed by atoms with E-state index in [9.17, 15) is 51.6 Å². The molecule has 18 nitrogen and oxygen atoms in total. The molecule has 0 fully saturated rings. The predicted octanol–water partition coefficient (Wildman–Crippen LogP) is 2.66. The van der Waals surface area contributed by atoms with Crippen molar-refractivity contribution in [2.75, 3.05) is 15.8 Å². The second-order valence-corrected chi connectivity index (χ2v) is 16.8. The number of Topliss-reactive ketones (excluding diaryl/α,β-unsaturated/α-hetero) is 1. The number of hydrogen-bond acceptors (Lipinski definition) is 11. The number of aldehydes is 2. The second kappa shape index (κ2) is 25.5. The standard InChI is InChI=1S/C26H27N3O7S.C21H23N3O5/c30-18-21(16-25(32)33)27-24(31)17-29-22(15-20-9-5-2-6-10-20)11-12-23(26(29)34)28-37(35,36)14-13-19-7-3-1-4-8-19;1-15(26)12-17(14-25)22-20(28)13-24-11-5-8-18(21(24)29)23-19(27)10-9-16-6-3-2-4-7-16/h1-12,18,21,28H,13-17H2,(H,27,31)(H,32,33);2-8,11,14,17H,9-10,12-13H2,1H3,(H,22,28)(H,23,27)/t21-;17-/m00/s1. The number of pyridine rings is 2. The SMILES string of the molecule is CC(=O)C[C@@H](C=O)NC(=O)Cn1cccc(NC(=O)CCc2ccccc2)c1=O.O=C[C@H](CC(=O)O)NC(=O)Cn1c(Cc2ccccc2)ccc(NS(=O)(=O)CCc2ccccc2)c1=O. The highest BCUT2D eigenvalue weighted by molar-refractivity contribution is 7.92. The minimum atomic E-state index is -3.88. The zero-order valence-electron chi connectivity index (χ0n) is 36.0. The Balaban J connectivity index is 0.000000297. The number of amides is 3. The van der Waals surface area contributed by atoms with Gasteiger partial charge in [0.15, 0.2) is 0 Å². The van der Waals surface area contributed by atoms with Crippen molar-refractivity contribution in [3.8, 4) is 0 Å². The lowest BCUT2D eigenvalue weighted by molar-refractivity contribution is -0.139. The zero-order valence-corrected chi connectivity index (χ0v) is 36.8. The van der Waals surface area contributed by atoms with Crippen LogP contribution >= 0.6 is 0 Å². The highest BCUT2D eigenvalue weighted by atomic mass is 32.2. The normalized spacial score (nSPS) is 11.7. The van der Waals surface area contributed by atoms with E-state index in [0.717, 1.165) is 25.8 Å². The zero-order chi connectivity index (χ0) is 48.1. The van der Waals surface area contributed by atoms with Crippen LogP contribution in [0, 0.1) is 0 Å². The Hall–Kier alpha value is -7.80. The van der Waals surface area contributed by atoms with Crippen LogP contribution in [0.2, 0.25) is 0 Å². The number of carboxylic acids is 1. The molecule has 3 aromatic carbocycles. The minimum Gasteiger partial charge on any atom is -0.481 e. The quantitative estimate of drug-likeness (QED) is 0.0593. The Labute approximate surface area is 380 Å². The molecule has 0 aliphatic carbocycles. The molecule has 5 aromatic rings. The summed E-state index contributed by atoms with van der Waals surface area (Å²) in [6.07, 6.45) is 2.74. The maximum absolute atomic E-state index is 13.3. The molecule has 0 spiro atoms. The Bertz CT molecular complexity index is 2710. The summed E-state index contributed by atoms with van der Waals surface area (Å²) in [7, 11) is -3.88. The average Bonchev–Trinajstić information content (AvgIpc) is 3.29. The van der Waals surface area contributed by atoms with Crippen LogP contribution in [-0.4, -0.2) is 82.5 Å². The summed E-state index contributed by atoms with van der Waals surface area (Å²) >= 11 is 0. The number of sulfonamides is 1. The Morgan fingerprint density at radius 1 is 0.636 bits per heavy atom. The molecular formula is C47H50N6O12S. The number of carbonyl (C=O) groups excluding carboxylic acids is 6. The monoisotopic (exact) mass is 922 g/mol. The number of aryl methyl sites for hydroxylation is 2. The third-order valence-electron chi connectivity index (χ3n) is 9.58. The predicted molar refractivity (Wildman–Crippen MR) is 245 cm³/mol. The molecule has 5 N–H and O–H groups in total. The maximum Gasteiger partial charge on any atom is 0.305 e. The molecule has 2 heterocycles. The van der Waals surface area contributed by atoms with Crippen molar-refractivity contribution in [2.24, 2.45) is 0 Å². The van der Waals surface area contributed by atoms with Gasteiger partial charge in [0.2, 0.25) is 27.7 Å². The summed E-state index contributed by atoms with van der Waals surface area (Å²) in [6, 6.07) is 31.4. The summed E-state index contributed by atoms with van der Waals surface area (Å²) in [5.41, 5.74) is 1.68. The highest BCUT2D eigenvalue weighted by Crippen LogP contribution is 2.13. The lowest BCUT2D eigenvalue weighted by Crippen LogP contribution is -2.41. The fourth-order valence-corrected chi connectivity index (χ4v) is 7.48. The highest BCUT2D eigenvalue weighted by Gasteiger charge is 2.21. The van der Waals surface area contributed by atoms with Gasteiger partial charge in [-0.25, -0.2) is 8.42 Å². The number of carbonyl (C=O) groups is 7. The van der Waals surface area contributed by atoms with Crippen LogP contribution in [0.15, 0.2) is 131 Å². The van der Waals surface area contributed by atoms with E-state index in [0.29, 0.717) is 24.7 Å². The molecule has 346 valence electrons. The summed E-state index contributed by atoms with van der Waals surface area (Å²) in [5.74, 6) is -3.42. The number of nitrogens with one attached hydrogen (secondary N) is 4. The first-order chi connectivity index (χ1) is 31.5. The van der Waals surface area contributed by atoms with Crippen molar-refractivity contribution in [3.05, 3.63) is 165 Å². The van der Waals surface area contributed by atoms with Crippen molar-refractivity contribution in [1.82, 2.24) is 19.8 Å². The van der Waals surface area contributed by atoms with E-state index in [1.165, 1.54) is 31.3 Å². The number of ketones is 1. The van der Waals surface area contributed by atoms with E-state index in [-0.39, 0.29) is 61.0 Å². The Morgan fingerprint density at radius 3 is 1.74 bits per heavy atom. The smallest absolute Gasteiger partial charge is 0.305 e. The van der Waals surface area contributed by atoms with Crippen molar-refractivity contribution >= 4 is 63.4 Å². The molecule has 0 saturated carbocycles. The summed E-state index contributed by atoms with van der Waals surface area (Å²) in [6.45, 7) is 0.441. The summed E-state index contributed by atoms with van der Waals surface area (Å²) < 4.78 is 29.9. The number of rotatable bonds is 23. The average molecular weight is 923 g/mol. The number of anilines is 2. The molecular weight excluding hydrogens is 873 g/mol. The van der Waals surface area contributed by atoms with Crippen molar-refractivity contribution in [1.29, 1.82) is 0 Å².